The van der Waals surface area contributed by atoms with E-state index >= 15 is 0 Å². The van der Waals surface area contributed by atoms with Gasteiger partial charge in [0.2, 0.25) is 14.9 Å². The molecule has 3 aromatic heterocycles. The highest BCUT2D eigenvalue weighted by Crippen LogP contribution is 2.33. The van der Waals surface area contributed by atoms with Crippen LogP contribution in [-0.4, -0.2) is 28.2 Å². The van der Waals surface area contributed by atoms with E-state index in [0.717, 1.165) is 20.4 Å². The molecule has 0 amide bonds. The zero-order chi connectivity index (χ0) is 22.5. The van der Waals surface area contributed by atoms with Crippen molar-refractivity contribution < 1.29 is 8.42 Å². The predicted molar refractivity (Wildman–Crippen MR) is 130 cm³/mol. The SMILES string of the molecule is CC(C)c1ccc(Nc2nc3c(S(=O)(=O)c4ccc(Br)cc4)nnn3c3ccsc23)cc1. The van der Waals surface area contributed by atoms with Crippen LogP contribution in [0, 0.1) is 0 Å². The van der Waals surface area contributed by atoms with Gasteiger partial charge in [0, 0.05) is 10.2 Å². The number of benzene rings is 2. The molecule has 32 heavy (non-hydrogen) atoms. The summed E-state index contributed by atoms with van der Waals surface area (Å²) in [6, 6.07) is 16.4. The van der Waals surface area contributed by atoms with Gasteiger partial charge in [-0.2, -0.15) is 4.52 Å². The molecule has 10 heteroatoms. The monoisotopic (exact) mass is 527 g/mol. The second-order valence-corrected chi connectivity index (χ2v) is 11.3. The van der Waals surface area contributed by atoms with E-state index in [1.165, 1.54) is 33.5 Å². The second-order valence-electron chi connectivity index (χ2n) is 7.58. The van der Waals surface area contributed by atoms with Gasteiger partial charge in [-0.1, -0.05) is 47.1 Å². The number of halogens is 1. The lowest BCUT2D eigenvalue weighted by molar-refractivity contribution is 0.592. The van der Waals surface area contributed by atoms with Gasteiger partial charge < -0.3 is 5.32 Å². The van der Waals surface area contributed by atoms with E-state index in [2.05, 4.69) is 62.5 Å². The van der Waals surface area contributed by atoms with E-state index in [-0.39, 0.29) is 15.6 Å². The molecule has 0 aliphatic heterocycles. The van der Waals surface area contributed by atoms with E-state index in [9.17, 15) is 8.42 Å². The van der Waals surface area contributed by atoms with Crippen molar-refractivity contribution in [2.75, 3.05) is 5.32 Å². The Balaban J connectivity index is 1.64. The lowest BCUT2D eigenvalue weighted by atomic mass is 10.0. The van der Waals surface area contributed by atoms with Gasteiger partial charge in [-0.05, 0) is 59.3 Å². The average molecular weight is 528 g/mol. The Morgan fingerprint density at radius 2 is 1.75 bits per heavy atom. The highest BCUT2D eigenvalue weighted by Gasteiger charge is 2.27. The molecule has 0 aliphatic rings. The van der Waals surface area contributed by atoms with E-state index in [4.69, 9.17) is 0 Å². The highest BCUT2D eigenvalue weighted by atomic mass is 79.9. The number of thiophene rings is 1. The molecular formula is C22H18BrN5O2S2. The molecule has 0 aliphatic carbocycles. The van der Waals surface area contributed by atoms with Crippen LogP contribution in [-0.2, 0) is 9.84 Å². The van der Waals surface area contributed by atoms with E-state index in [1.807, 2.05) is 23.6 Å². The largest absolute Gasteiger partial charge is 0.339 e. The summed E-state index contributed by atoms with van der Waals surface area (Å²) in [4.78, 5) is 4.78. The summed E-state index contributed by atoms with van der Waals surface area (Å²) in [6.07, 6.45) is 0. The molecule has 0 saturated carbocycles. The second kappa shape index (κ2) is 7.95. The molecule has 0 atom stereocenters. The van der Waals surface area contributed by atoms with Gasteiger partial charge in [0.1, 0.15) is 0 Å². The number of sulfone groups is 1. The minimum atomic E-state index is -3.90. The summed E-state index contributed by atoms with van der Waals surface area (Å²) >= 11 is 4.83. The first-order valence-electron chi connectivity index (χ1n) is 9.85. The molecule has 0 fully saturated rings. The maximum absolute atomic E-state index is 13.3. The zero-order valence-corrected chi connectivity index (χ0v) is 20.4. The smallest absolute Gasteiger partial charge is 0.229 e. The Kier molecular flexibility index (Phi) is 5.23. The van der Waals surface area contributed by atoms with E-state index in [0.29, 0.717) is 11.7 Å². The van der Waals surface area contributed by atoms with Crippen molar-refractivity contribution in [3.05, 3.63) is 70.0 Å². The molecule has 3 heterocycles. The predicted octanol–water partition coefficient (Wildman–Crippen LogP) is 5.80. The van der Waals surface area contributed by atoms with Gasteiger partial charge in [0.25, 0.3) is 0 Å². The van der Waals surface area contributed by atoms with Gasteiger partial charge >= 0.3 is 0 Å². The first-order valence-corrected chi connectivity index (χ1v) is 13.0. The van der Waals surface area contributed by atoms with Crippen LogP contribution in [0.2, 0.25) is 0 Å². The number of aromatic nitrogens is 4. The summed E-state index contributed by atoms with van der Waals surface area (Å²) in [5.74, 6) is 1.00. The summed E-state index contributed by atoms with van der Waals surface area (Å²) in [6.45, 7) is 4.29. The molecule has 0 unspecified atom stereocenters. The van der Waals surface area contributed by atoms with Crippen LogP contribution in [0.1, 0.15) is 25.3 Å². The molecule has 0 bridgehead atoms. The van der Waals surface area contributed by atoms with Crippen molar-refractivity contribution in [2.45, 2.75) is 29.7 Å². The standard InChI is InChI=1S/C22H18BrN5O2S2/c1-13(2)14-3-7-16(8-4-14)24-20-19-18(11-12-31-19)28-21(25-20)22(26-27-28)32(29,30)17-9-5-15(23)6-10-17/h3-13H,1-2H3,(H,24,25). The summed E-state index contributed by atoms with van der Waals surface area (Å²) in [7, 11) is -3.90. The highest BCUT2D eigenvalue weighted by molar-refractivity contribution is 9.10. The quantitative estimate of drug-likeness (QED) is 0.310. The van der Waals surface area contributed by atoms with Gasteiger partial charge in [-0.3, -0.25) is 0 Å². The molecular weight excluding hydrogens is 510 g/mol. The Hall–Kier alpha value is -2.82. The van der Waals surface area contributed by atoms with Gasteiger partial charge in [0.05, 0.1) is 15.1 Å². The molecule has 162 valence electrons. The molecule has 7 nitrogen and oxygen atoms in total. The molecule has 5 rings (SSSR count). The van der Waals surface area contributed by atoms with Crippen molar-refractivity contribution >= 4 is 64.5 Å². The Labute approximate surface area is 197 Å². The van der Waals surface area contributed by atoms with Crippen LogP contribution in [0.25, 0.3) is 15.9 Å². The molecule has 1 N–H and O–H groups in total. The Morgan fingerprint density at radius 3 is 2.44 bits per heavy atom. The average Bonchev–Trinajstić information content (AvgIpc) is 3.42. The topological polar surface area (TPSA) is 89.2 Å². The van der Waals surface area contributed by atoms with Crippen LogP contribution < -0.4 is 5.32 Å². The van der Waals surface area contributed by atoms with Crippen molar-refractivity contribution in [2.24, 2.45) is 0 Å². The fourth-order valence-electron chi connectivity index (χ4n) is 3.40. The van der Waals surface area contributed by atoms with Crippen LogP contribution in [0.3, 0.4) is 0 Å². The van der Waals surface area contributed by atoms with Gasteiger partial charge in [-0.15, -0.1) is 16.4 Å². The molecule has 0 saturated heterocycles. The maximum atomic E-state index is 13.3. The van der Waals surface area contributed by atoms with E-state index in [1.54, 1.807) is 12.1 Å². The van der Waals surface area contributed by atoms with Crippen molar-refractivity contribution in [3.8, 4) is 0 Å². The Bertz CT molecular complexity index is 1540. The third-order valence-corrected chi connectivity index (χ3v) is 8.25. The first-order chi connectivity index (χ1) is 15.3. The van der Waals surface area contributed by atoms with Crippen LogP contribution in [0.5, 0.6) is 0 Å². The fourth-order valence-corrected chi connectivity index (χ4v) is 5.71. The number of nitrogens with one attached hydrogen (secondary N) is 1. The first kappa shape index (κ1) is 21.0. The number of anilines is 2. The zero-order valence-electron chi connectivity index (χ0n) is 17.2. The molecule has 0 spiro atoms. The summed E-state index contributed by atoms with van der Waals surface area (Å²) in [5.41, 5.74) is 3.03. The number of rotatable bonds is 5. The van der Waals surface area contributed by atoms with Crippen LogP contribution in [0.15, 0.2) is 74.4 Å². The number of nitrogens with zero attached hydrogens (tertiary/aromatic N) is 4. The molecule has 2 aromatic carbocycles. The van der Waals surface area contributed by atoms with Crippen LogP contribution in [0.4, 0.5) is 11.5 Å². The summed E-state index contributed by atoms with van der Waals surface area (Å²) in [5, 5.41) is 13.2. The third kappa shape index (κ3) is 3.58. The number of fused-ring (bicyclic) bond motifs is 3. The minimum absolute atomic E-state index is 0.133. The van der Waals surface area contributed by atoms with Crippen molar-refractivity contribution in [1.29, 1.82) is 0 Å². The normalized spacial score (nSPS) is 12.1. The van der Waals surface area contributed by atoms with Crippen molar-refractivity contribution in [1.82, 2.24) is 19.8 Å². The van der Waals surface area contributed by atoms with Crippen LogP contribution >= 0.6 is 27.3 Å². The fraction of sp³-hybridized carbons (Fsp3) is 0.136. The number of hydrogen-bond donors (Lipinski definition) is 1. The number of hydrogen-bond acceptors (Lipinski definition) is 7. The lowest BCUT2D eigenvalue weighted by Crippen LogP contribution is -2.05. The minimum Gasteiger partial charge on any atom is -0.339 e. The third-order valence-electron chi connectivity index (χ3n) is 5.14. The van der Waals surface area contributed by atoms with E-state index < -0.39 is 9.84 Å². The Morgan fingerprint density at radius 1 is 1.03 bits per heavy atom. The maximum Gasteiger partial charge on any atom is 0.229 e. The van der Waals surface area contributed by atoms with Gasteiger partial charge in [-0.25, -0.2) is 13.4 Å². The molecule has 0 radical (unpaired) electrons. The summed E-state index contributed by atoms with van der Waals surface area (Å²) < 4.78 is 29.7. The van der Waals surface area contributed by atoms with Gasteiger partial charge in [0.15, 0.2) is 11.5 Å². The van der Waals surface area contributed by atoms with Crippen molar-refractivity contribution in [3.63, 3.8) is 0 Å². The lowest BCUT2D eigenvalue weighted by Gasteiger charge is -2.10. The molecule has 5 aromatic rings.